The van der Waals surface area contributed by atoms with Crippen LogP contribution >= 0.6 is 0 Å². The van der Waals surface area contributed by atoms with Gasteiger partial charge in [-0.3, -0.25) is 14.3 Å². The van der Waals surface area contributed by atoms with Crippen molar-refractivity contribution in [1.82, 2.24) is 9.45 Å². The highest BCUT2D eigenvalue weighted by atomic mass is 32.3. The molecule has 2 heterocycles. The molecule has 0 radical (unpaired) electrons. The summed E-state index contributed by atoms with van der Waals surface area (Å²) in [7, 11) is -8.73. The van der Waals surface area contributed by atoms with Crippen molar-refractivity contribution in [1.29, 1.82) is 0 Å². The minimum absolute atomic E-state index is 0.0331. The second-order valence-electron chi connectivity index (χ2n) is 8.65. The number of allylic oxidation sites excluding steroid dienone is 6. The first-order valence-electron chi connectivity index (χ1n) is 11.3. The van der Waals surface area contributed by atoms with Gasteiger partial charge in [-0.15, -0.1) is 0 Å². The molecule has 10 nitrogen and oxygen atoms in total. The summed E-state index contributed by atoms with van der Waals surface area (Å²) >= 11 is 0. The second kappa shape index (κ2) is 9.61. The van der Waals surface area contributed by atoms with Crippen molar-refractivity contribution < 1.29 is 35.2 Å². The van der Waals surface area contributed by atoms with Crippen molar-refractivity contribution in [3.63, 3.8) is 0 Å². The summed E-state index contributed by atoms with van der Waals surface area (Å²) in [4.78, 5) is 22.6. The fraction of sp³-hybridized carbons (Fsp3) is 0.200. The molecule has 1 aliphatic heterocycles. The van der Waals surface area contributed by atoms with Crippen LogP contribution < -0.4 is 0 Å². The monoisotopic (exact) mass is 542 g/mol. The molecule has 1 amide bonds. The van der Waals surface area contributed by atoms with Crippen molar-refractivity contribution >= 4 is 26.3 Å². The third-order valence-electron chi connectivity index (χ3n) is 6.32. The smallest absolute Gasteiger partial charge is 0.362 e. The SMILES string of the molecule is O=C1c2ccccc2S(=O)(=O)N1OC1=CCC(C(c2ccccn2)C2C=CC(OS(=O)(=O)O)=CC2)C=C1. The molecular weight excluding hydrogens is 520 g/mol. The van der Waals surface area contributed by atoms with Crippen LogP contribution in [0, 0.1) is 11.8 Å². The first kappa shape index (κ1) is 24.9. The summed E-state index contributed by atoms with van der Waals surface area (Å²) in [5.74, 6) is -0.729. The number of fused-ring (bicyclic) bond motifs is 1. The number of nitrogens with zero attached hydrogens (tertiary/aromatic N) is 2. The summed E-state index contributed by atoms with van der Waals surface area (Å²) in [5.41, 5.74) is 0.885. The van der Waals surface area contributed by atoms with Crippen molar-refractivity contribution in [2.45, 2.75) is 23.7 Å². The highest BCUT2D eigenvalue weighted by Crippen LogP contribution is 2.41. The molecule has 0 saturated heterocycles. The quantitative estimate of drug-likeness (QED) is 0.519. The van der Waals surface area contributed by atoms with Gasteiger partial charge in [-0.2, -0.15) is 16.8 Å². The van der Waals surface area contributed by atoms with Gasteiger partial charge in [0, 0.05) is 17.8 Å². The molecule has 1 aromatic carbocycles. The van der Waals surface area contributed by atoms with Crippen molar-refractivity contribution in [2.24, 2.45) is 11.8 Å². The number of benzene rings is 1. The Hall–Kier alpha value is -3.74. The van der Waals surface area contributed by atoms with Crippen LogP contribution in [0.15, 0.2) is 102 Å². The molecule has 3 atom stereocenters. The Balaban J connectivity index is 1.33. The van der Waals surface area contributed by atoms with Gasteiger partial charge >= 0.3 is 16.3 Å². The lowest BCUT2D eigenvalue weighted by Crippen LogP contribution is -2.30. The average molecular weight is 543 g/mol. The molecule has 0 saturated carbocycles. The summed E-state index contributed by atoms with van der Waals surface area (Å²) in [6.45, 7) is 0. The summed E-state index contributed by atoms with van der Waals surface area (Å²) < 4.78 is 61.5. The van der Waals surface area contributed by atoms with Gasteiger partial charge in [0.15, 0.2) is 5.76 Å². The highest BCUT2D eigenvalue weighted by molar-refractivity contribution is 7.90. The maximum absolute atomic E-state index is 12.8. The van der Waals surface area contributed by atoms with E-state index < -0.39 is 26.3 Å². The van der Waals surface area contributed by atoms with E-state index in [9.17, 15) is 21.6 Å². The number of hydroxylamine groups is 1. The number of pyridine rings is 1. The number of aromatic nitrogens is 1. The van der Waals surface area contributed by atoms with E-state index in [0.29, 0.717) is 17.3 Å². The molecule has 0 bridgehead atoms. The predicted octanol–water partition coefficient (Wildman–Crippen LogP) is 3.68. The van der Waals surface area contributed by atoms with Gasteiger partial charge in [0.2, 0.25) is 0 Å². The first-order chi connectivity index (χ1) is 17.6. The molecule has 5 rings (SSSR count). The Morgan fingerprint density at radius 3 is 2.19 bits per heavy atom. The van der Waals surface area contributed by atoms with Crippen LogP contribution in [0.25, 0.3) is 0 Å². The molecule has 0 fully saturated rings. The molecule has 2 aliphatic carbocycles. The molecule has 3 aliphatic rings. The average Bonchev–Trinajstić information content (AvgIpc) is 3.07. The molecule has 3 unspecified atom stereocenters. The van der Waals surface area contributed by atoms with Crippen LogP contribution in [0.4, 0.5) is 0 Å². The standard InChI is InChI=1S/C25H22N2O8S2/c28-25-21-5-1-2-7-23(21)36(29,30)27(25)34-19-12-8-17(9-13-19)24(22-6-3-4-16-26-22)18-10-14-20(15-11-18)35-37(31,32)33/h1-8,10,12-18,24H,9,11H2,(H,31,32,33). The van der Waals surface area contributed by atoms with E-state index in [4.69, 9.17) is 9.39 Å². The Morgan fingerprint density at radius 1 is 0.973 bits per heavy atom. The minimum Gasteiger partial charge on any atom is -0.362 e. The zero-order valence-electron chi connectivity index (χ0n) is 19.2. The molecule has 12 heteroatoms. The summed E-state index contributed by atoms with van der Waals surface area (Å²) in [6.07, 6.45) is 12.8. The second-order valence-corrected chi connectivity index (χ2v) is 11.4. The number of carbonyl (C=O) groups excluding carboxylic acids is 1. The van der Waals surface area contributed by atoms with E-state index >= 15 is 0 Å². The molecule has 0 spiro atoms. The van der Waals surface area contributed by atoms with Crippen LogP contribution in [0.3, 0.4) is 0 Å². The fourth-order valence-corrected chi connectivity index (χ4v) is 6.43. The van der Waals surface area contributed by atoms with E-state index in [1.807, 2.05) is 30.4 Å². The maximum Gasteiger partial charge on any atom is 0.446 e. The van der Waals surface area contributed by atoms with Gasteiger partial charge in [-0.25, -0.2) is 0 Å². The summed E-state index contributed by atoms with van der Waals surface area (Å²) in [5, 5.41) is 0. The lowest BCUT2D eigenvalue weighted by atomic mass is 9.74. The third kappa shape index (κ3) is 5.08. The van der Waals surface area contributed by atoms with Crippen LogP contribution in [0.5, 0.6) is 0 Å². The molecule has 192 valence electrons. The Labute approximate surface area is 214 Å². The topological polar surface area (TPSA) is 140 Å². The third-order valence-corrected chi connectivity index (χ3v) is 8.31. The fourth-order valence-electron chi connectivity index (χ4n) is 4.70. The minimum atomic E-state index is -4.62. The Bertz CT molecular complexity index is 1560. The van der Waals surface area contributed by atoms with Gasteiger partial charge in [-0.1, -0.05) is 34.8 Å². The number of amides is 1. The van der Waals surface area contributed by atoms with Crippen molar-refractivity contribution in [3.8, 4) is 0 Å². The lowest BCUT2D eigenvalue weighted by Gasteiger charge is -2.32. The van der Waals surface area contributed by atoms with Crippen LogP contribution in [0.1, 0.15) is 34.8 Å². The maximum atomic E-state index is 12.8. The number of hydrogen-bond acceptors (Lipinski definition) is 8. The Morgan fingerprint density at radius 2 is 1.62 bits per heavy atom. The van der Waals surface area contributed by atoms with E-state index in [0.717, 1.165) is 5.69 Å². The van der Waals surface area contributed by atoms with Crippen molar-refractivity contribution in [3.05, 3.63) is 108 Å². The van der Waals surface area contributed by atoms with E-state index in [-0.39, 0.29) is 39.7 Å². The first-order valence-corrected chi connectivity index (χ1v) is 14.2. The zero-order valence-corrected chi connectivity index (χ0v) is 20.9. The zero-order chi connectivity index (χ0) is 26.2. The largest absolute Gasteiger partial charge is 0.446 e. The van der Waals surface area contributed by atoms with Crippen LogP contribution in [-0.4, -0.2) is 36.7 Å². The van der Waals surface area contributed by atoms with Gasteiger partial charge in [0.1, 0.15) is 10.7 Å². The predicted molar refractivity (Wildman–Crippen MR) is 131 cm³/mol. The molecule has 1 N–H and O–H groups in total. The Kier molecular flexibility index (Phi) is 6.48. The lowest BCUT2D eigenvalue weighted by molar-refractivity contribution is -0.0122. The van der Waals surface area contributed by atoms with E-state index in [1.54, 1.807) is 36.6 Å². The highest BCUT2D eigenvalue weighted by Gasteiger charge is 2.43. The number of rotatable bonds is 7. The number of sulfonamides is 1. The summed E-state index contributed by atoms with van der Waals surface area (Å²) in [6, 6.07) is 11.5. The van der Waals surface area contributed by atoms with Gasteiger partial charge in [0.05, 0.1) is 5.56 Å². The van der Waals surface area contributed by atoms with Gasteiger partial charge < -0.3 is 9.02 Å². The van der Waals surface area contributed by atoms with Crippen LogP contribution in [0.2, 0.25) is 0 Å². The molecular formula is C25H22N2O8S2. The normalized spacial score (nSPS) is 23.2. The molecule has 1 aromatic heterocycles. The molecule has 2 aromatic rings. The van der Waals surface area contributed by atoms with Crippen molar-refractivity contribution in [2.75, 3.05) is 0 Å². The molecule has 37 heavy (non-hydrogen) atoms. The van der Waals surface area contributed by atoms with Gasteiger partial charge in [0.25, 0.3) is 10.0 Å². The van der Waals surface area contributed by atoms with Crippen LogP contribution in [-0.2, 0) is 29.4 Å². The number of carbonyl (C=O) groups is 1. The number of hydrogen-bond donors (Lipinski definition) is 1. The van der Waals surface area contributed by atoms with Gasteiger partial charge in [-0.05, 0) is 73.2 Å². The van der Waals surface area contributed by atoms with E-state index in [1.165, 1.54) is 18.2 Å². The van der Waals surface area contributed by atoms with E-state index in [2.05, 4.69) is 9.17 Å².